The van der Waals surface area contributed by atoms with E-state index in [1.165, 1.54) is 7.11 Å². The third kappa shape index (κ3) is 3.40. The Hall–Kier alpha value is -3.09. The molecule has 0 heterocycles. The highest BCUT2D eigenvalue weighted by Gasteiger charge is 2.85. The summed E-state index contributed by atoms with van der Waals surface area (Å²) in [4.78, 5) is 14.9. The molecule has 3 saturated carbocycles. The molecule has 3 fully saturated rings. The van der Waals surface area contributed by atoms with E-state index in [2.05, 4.69) is 55.1 Å². The van der Waals surface area contributed by atoms with Crippen molar-refractivity contribution in [1.29, 1.82) is 0 Å². The third-order valence-corrected chi connectivity index (χ3v) is 12.3. The smallest absolute Gasteiger partial charge is 0.185 e. The number of fused-ring (bicyclic) bond motifs is 4. The number of ether oxygens (including phenoxy) is 1. The van der Waals surface area contributed by atoms with Gasteiger partial charge < -0.3 is 20.1 Å². The molecule has 5 heteroatoms. The number of rotatable bonds is 2. The molecule has 5 aliphatic carbocycles. The van der Waals surface area contributed by atoms with Gasteiger partial charge in [0.1, 0.15) is 5.78 Å². The Balaban J connectivity index is 1.37. The molecule has 3 aromatic rings. The first-order valence-electron chi connectivity index (χ1n) is 15.9. The normalized spacial score (nSPS) is 37.8. The molecule has 1 spiro atoms. The molecular weight excluding hydrogens is 536 g/mol. The van der Waals surface area contributed by atoms with E-state index < -0.39 is 28.6 Å². The molecule has 43 heavy (non-hydrogen) atoms. The standard InChI is InChI=1S/C38H40O5/c1-22-35-31(21-39)32-7-4-14-36(22)20-25-8-10-26-18-27-11-12-33(40)30(29(27)19-28(26)16-25)17-24-6-3-5-23(15-24)9-13-34(41)37(32,36)38(35,42)43-2/h3,5-6,8,10-12,15-16,18-19,30-33,35,39-40,42H,1,4,7,9,13-14,17,20-21H2,2H3/t30-,31+,32-,33-,35+,36+,37-,38-/m0/s1. The Kier molecular flexibility index (Phi) is 6.04. The number of aliphatic hydroxyl groups excluding tert-OH is 2. The van der Waals surface area contributed by atoms with Crippen molar-refractivity contribution in [2.45, 2.75) is 62.8 Å². The second-order valence-corrected chi connectivity index (χ2v) is 13.9. The van der Waals surface area contributed by atoms with Crippen LogP contribution >= 0.6 is 0 Å². The summed E-state index contributed by atoms with van der Waals surface area (Å²) in [5.41, 5.74) is 4.62. The van der Waals surface area contributed by atoms with Gasteiger partial charge in [-0.2, -0.15) is 0 Å². The number of Topliss-reactive ketones (excluding diaryl/α,β-unsaturated/α-hetero) is 1. The Morgan fingerprint density at radius 3 is 2.67 bits per heavy atom. The zero-order chi connectivity index (χ0) is 29.7. The summed E-state index contributed by atoms with van der Waals surface area (Å²) in [7, 11) is 1.52. The van der Waals surface area contributed by atoms with Crippen molar-refractivity contribution in [1.82, 2.24) is 0 Å². The van der Waals surface area contributed by atoms with Crippen LogP contribution in [0.4, 0.5) is 0 Å². The van der Waals surface area contributed by atoms with Crippen molar-refractivity contribution >= 4 is 22.6 Å². The van der Waals surface area contributed by atoms with Gasteiger partial charge in [-0.25, -0.2) is 0 Å². The molecule has 0 saturated heterocycles. The molecule has 0 radical (unpaired) electrons. The lowest BCUT2D eigenvalue weighted by molar-refractivity contribution is -0.267. The fourth-order valence-corrected chi connectivity index (χ4v) is 10.7. The number of aliphatic hydroxyl groups is 3. The monoisotopic (exact) mass is 576 g/mol. The molecule has 5 nitrogen and oxygen atoms in total. The molecule has 5 aliphatic rings. The Labute approximate surface area is 252 Å². The highest BCUT2D eigenvalue weighted by Crippen LogP contribution is 2.80. The number of aryl methyl sites for hydroxylation is 1. The van der Waals surface area contributed by atoms with Gasteiger partial charge in [-0.1, -0.05) is 79.3 Å². The fourth-order valence-electron chi connectivity index (χ4n) is 10.7. The van der Waals surface area contributed by atoms with Gasteiger partial charge in [0, 0.05) is 37.4 Å². The number of hydrogen-bond donors (Lipinski definition) is 3. The van der Waals surface area contributed by atoms with Crippen LogP contribution in [0.1, 0.15) is 59.4 Å². The summed E-state index contributed by atoms with van der Waals surface area (Å²) in [5.74, 6) is -2.67. The van der Waals surface area contributed by atoms with Gasteiger partial charge in [-0.15, -0.1) is 0 Å². The minimum atomic E-state index is -1.71. The first-order valence-corrected chi connectivity index (χ1v) is 15.9. The summed E-state index contributed by atoms with van der Waals surface area (Å²) in [6.45, 7) is 4.52. The van der Waals surface area contributed by atoms with Crippen LogP contribution in [0, 0.1) is 28.6 Å². The first-order chi connectivity index (χ1) is 20.8. The van der Waals surface area contributed by atoms with E-state index in [4.69, 9.17) is 4.74 Å². The van der Waals surface area contributed by atoms with Crippen molar-refractivity contribution in [3.63, 3.8) is 0 Å². The van der Waals surface area contributed by atoms with Gasteiger partial charge in [0.2, 0.25) is 0 Å². The molecule has 7 bridgehead atoms. The molecule has 3 N–H and O–H groups in total. The largest absolute Gasteiger partial charge is 0.396 e. The Morgan fingerprint density at radius 1 is 1.02 bits per heavy atom. The maximum absolute atomic E-state index is 14.9. The summed E-state index contributed by atoms with van der Waals surface area (Å²) >= 11 is 0. The molecule has 0 aromatic heterocycles. The van der Waals surface area contributed by atoms with Crippen LogP contribution in [-0.2, 0) is 28.8 Å². The van der Waals surface area contributed by atoms with E-state index in [0.717, 1.165) is 63.4 Å². The van der Waals surface area contributed by atoms with E-state index >= 15 is 0 Å². The number of methoxy groups -OCH3 is 1. The number of carbonyl (C=O) groups excluding carboxylic acids is 1. The van der Waals surface area contributed by atoms with Gasteiger partial charge in [0.05, 0.1) is 11.5 Å². The summed E-state index contributed by atoms with van der Waals surface area (Å²) in [5, 5.41) is 36.6. The lowest BCUT2D eigenvalue weighted by Gasteiger charge is -2.57. The van der Waals surface area contributed by atoms with Gasteiger partial charge in [-0.3, -0.25) is 4.79 Å². The van der Waals surface area contributed by atoms with Gasteiger partial charge in [0.15, 0.2) is 5.79 Å². The highest BCUT2D eigenvalue weighted by molar-refractivity contribution is 5.91. The molecule has 8 rings (SSSR count). The third-order valence-electron chi connectivity index (χ3n) is 12.3. The van der Waals surface area contributed by atoms with Crippen molar-refractivity contribution in [3.05, 3.63) is 101 Å². The van der Waals surface area contributed by atoms with Gasteiger partial charge >= 0.3 is 0 Å². The molecule has 0 aliphatic heterocycles. The molecule has 3 aromatic carbocycles. The predicted molar refractivity (Wildman–Crippen MR) is 166 cm³/mol. The molecule has 8 atom stereocenters. The van der Waals surface area contributed by atoms with E-state index in [9.17, 15) is 20.1 Å². The number of carbonyl (C=O) groups is 1. The maximum Gasteiger partial charge on any atom is 0.185 e. The topological polar surface area (TPSA) is 87.0 Å². The lowest BCUT2D eigenvalue weighted by atomic mass is 9.45. The number of ketones is 1. The fraction of sp³-hybridized carbons (Fsp3) is 0.447. The second kappa shape index (κ2) is 9.45. The van der Waals surface area contributed by atoms with Crippen molar-refractivity contribution in [3.8, 4) is 0 Å². The van der Waals surface area contributed by atoms with Crippen LogP contribution in [0.2, 0.25) is 0 Å². The minimum absolute atomic E-state index is 0.0270. The van der Waals surface area contributed by atoms with Crippen LogP contribution < -0.4 is 0 Å². The van der Waals surface area contributed by atoms with Crippen LogP contribution in [0.5, 0.6) is 0 Å². The second-order valence-electron chi connectivity index (χ2n) is 13.9. The molecule has 0 unspecified atom stereocenters. The SMILES string of the molecule is C=C1[C@@H]2[C@H](CO)[C@@H]3CCC[C@@]14Cc1ccc5cc6c(cc5c1)[C@H](Cc1cccc(c1)CCC(=O)[C@@]34[C@@]2(O)OC)[C@@H](O)C=C6. The van der Waals surface area contributed by atoms with Crippen LogP contribution in [0.3, 0.4) is 0 Å². The summed E-state index contributed by atoms with van der Waals surface area (Å²) < 4.78 is 6.06. The van der Waals surface area contributed by atoms with E-state index in [0.29, 0.717) is 19.3 Å². The van der Waals surface area contributed by atoms with Crippen molar-refractivity contribution < 1.29 is 24.9 Å². The van der Waals surface area contributed by atoms with Crippen molar-refractivity contribution in [2.24, 2.45) is 28.6 Å². The lowest BCUT2D eigenvalue weighted by Crippen LogP contribution is -2.62. The molecule has 0 amide bonds. The number of benzene rings is 3. The van der Waals surface area contributed by atoms with Crippen molar-refractivity contribution in [2.75, 3.05) is 13.7 Å². The summed E-state index contributed by atoms with van der Waals surface area (Å²) in [6.07, 6.45) is 7.94. The quantitative estimate of drug-likeness (QED) is 0.276. The minimum Gasteiger partial charge on any atom is -0.396 e. The average Bonchev–Trinajstić information content (AvgIpc) is 3.35. The van der Waals surface area contributed by atoms with E-state index in [1.54, 1.807) is 0 Å². The predicted octanol–water partition coefficient (Wildman–Crippen LogP) is 5.53. The highest BCUT2D eigenvalue weighted by atomic mass is 16.6. The summed E-state index contributed by atoms with van der Waals surface area (Å²) in [6, 6.07) is 19.4. The zero-order valence-corrected chi connectivity index (χ0v) is 24.8. The first kappa shape index (κ1) is 27.5. The maximum atomic E-state index is 14.9. The average molecular weight is 577 g/mol. The Bertz CT molecular complexity index is 1710. The van der Waals surface area contributed by atoms with E-state index in [1.807, 2.05) is 18.2 Å². The van der Waals surface area contributed by atoms with Crippen LogP contribution in [-0.4, -0.2) is 46.7 Å². The van der Waals surface area contributed by atoms with Crippen LogP contribution in [0.15, 0.2) is 72.8 Å². The number of hydrogen-bond acceptors (Lipinski definition) is 5. The van der Waals surface area contributed by atoms with Gasteiger partial charge in [0.25, 0.3) is 0 Å². The molecular formula is C38H40O5. The van der Waals surface area contributed by atoms with Gasteiger partial charge in [-0.05, 0) is 88.6 Å². The zero-order valence-electron chi connectivity index (χ0n) is 24.8. The van der Waals surface area contributed by atoms with Crippen LogP contribution in [0.25, 0.3) is 16.8 Å². The van der Waals surface area contributed by atoms with E-state index in [-0.39, 0.29) is 36.6 Å². The molecule has 222 valence electrons. The Morgan fingerprint density at radius 2 is 1.86 bits per heavy atom.